The van der Waals surface area contributed by atoms with Crippen LogP contribution in [0, 0.1) is 0 Å². The summed E-state index contributed by atoms with van der Waals surface area (Å²) in [4.78, 5) is 0. The third-order valence-corrected chi connectivity index (χ3v) is 4.95. The highest BCUT2D eigenvalue weighted by Gasteiger charge is 2.20. The minimum Gasteiger partial charge on any atom is -0.493 e. The number of methoxy groups -OCH3 is 4. The lowest BCUT2D eigenvalue weighted by molar-refractivity contribution is -0.133. The van der Waals surface area contributed by atoms with Crippen LogP contribution in [-0.4, -0.2) is 54.5 Å². The van der Waals surface area contributed by atoms with E-state index >= 15 is 0 Å². The SMILES string of the molecule is CCOC(CN[C@@H](Cc1cccc(OC)c1OC)c1ccc(OC)c(OC)c1)OCC. The van der Waals surface area contributed by atoms with Crippen LogP contribution in [0.25, 0.3) is 0 Å². The molecule has 0 aromatic heterocycles. The predicted molar refractivity (Wildman–Crippen MR) is 121 cm³/mol. The Balaban J connectivity index is 2.36. The summed E-state index contributed by atoms with van der Waals surface area (Å²) in [5.74, 6) is 2.79. The van der Waals surface area contributed by atoms with E-state index in [9.17, 15) is 0 Å². The molecule has 0 bridgehead atoms. The molecule has 0 fully saturated rings. The van der Waals surface area contributed by atoms with Gasteiger partial charge in [-0.15, -0.1) is 0 Å². The van der Waals surface area contributed by atoms with Gasteiger partial charge in [-0.05, 0) is 49.6 Å². The van der Waals surface area contributed by atoms with Gasteiger partial charge < -0.3 is 33.7 Å². The summed E-state index contributed by atoms with van der Waals surface area (Å²) in [5.41, 5.74) is 2.08. The van der Waals surface area contributed by atoms with Crippen molar-refractivity contribution >= 4 is 0 Å². The molecule has 0 radical (unpaired) electrons. The Morgan fingerprint density at radius 3 is 2.03 bits per heavy atom. The number of hydrogen-bond donors (Lipinski definition) is 1. The minimum atomic E-state index is -0.329. The quantitative estimate of drug-likeness (QED) is 0.452. The smallest absolute Gasteiger partial charge is 0.169 e. The van der Waals surface area contributed by atoms with Crippen molar-refractivity contribution in [3.05, 3.63) is 47.5 Å². The first-order valence-corrected chi connectivity index (χ1v) is 10.5. The maximum Gasteiger partial charge on any atom is 0.169 e. The van der Waals surface area contributed by atoms with Crippen molar-refractivity contribution in [1.82, 2.24) is 5.32 Å². The molecular formula is C24H35NO6. The van der Waals surface area contributed by atoms with Crippen LogP contribution in [-0.2, 0) is 15.9 Å². The van der Waals surface area contributed by atoms with E-state index in [0.717, 1.165) is 16.9 Å². The van der Waals surface area contributed by atoms with Crippen molar-refractivity contribution in [2.45, 2.75) is 32.6 Å². The Bertz CT molecular complexity index is 792. The first kappa shape index (κ1) is 24.8. The van der Waals surface area contributed by atoms with Gasteiger partial charge in [0, 0.05) is 25.8 Å². The fourth-order valence-corrected chi connectivity index (χ4v) is 3.49. The molecule has 1 N–H and O–H groups in total. The first-order valence-electron chi connectivity index (χ1n) is 10.5. The zero-order valence-electron chi connectivity index (χ0n) is 19.4. The van der Waals surface area contributed by atoms with Gasteiger partial charge in [-0.2, -0.15) is 0 Å². The molecule has 0 aliphatic rings. The van der Waals surface area contributed by atoms with Crippen LogP contribution in [0.2, 0.25) is 0 Å². The van der Waals surface area contributed by atoms with E-state index in [-0.39, 0.29) is 12.3 Å². The van der Waals surface area contributed by atoms with Crippen LogP contribution in [0.4, 0.5) is 0 Å². The lowest BCUT2D eigenvalue weighted by Crippen LogP contribution is -2.35. The molecule has 0 aliphatic carbocycles. The monoisotopic (exact) mass is 433 g/mol. The molecule has 2 rings (SSSR count). The number of para-hydroxylation sites is 1. The third-order valence-electron chi connectivity index (χ3n) is 4.95. The molecular weight excluding hydrogens is 398 g/mol. The Morgan fingerprint density at radius 2 is 1.45 bits per heavy atom. The maximum absolute atomic E-state index is 5.71. The summed E-state index contributed by atoms with van der Waals surface area (Å²) < 4.78 is 33.4. The highest BCUT2D eigenvalue weighted by molar-refractivity contribution is 5.48. The van der Waals surface area contributed by atoms with Gasteiger partial charge in [0.05, 0.1) is 28.4 Å². The van der Waals surface area contributed by atoms with Crippen molar-refractivity contribution in [1.29, 1.82) is 0 Å². The average molecular weight is 434 g/mol. The Kier molecular flexibility index (Phi) is 10.4. The fourth-order valence-electron chi connectivity index (χ4n) is 3.49. The Hall–Kier alpha value is -2.48. The second-order valence-corrected chi connectivity index (χ2v) is 6.77. The molecule has 0 saturated carbocycles. The Labute approximate surface area is 185 Å². The summed E-state index contributed by atoms with van der Waals surface area (Å²) in [6.07, 6.45) is 0.339. The molecule has 7 nitrogen and oxygen atoms in total. The normalized spacial score (nSPS) is 12.0. The zero-order valence-corrected chi connectivity index (χ0v) is 19.4. The van der Waals surface area contributed by atoms with Gasteiger partial charge in [-0.1, -0.05) is 18.2 Å². The fraction of sp³-hybridized carbons (Fsp3) is 0.500. The third kappa shape index (κ3) is 6.75. The van der Waals surface area contributed by atoms with Gasteiger partial charge in [0.2, 0.25) is 0 Å². The van der Waals surface area contributed by atoms with Crippen LogP contribution < -0.4 is 24.3 Å². The molecule has 0 heterocycles. The summed E-state index contributed by atoms with van der Waals surface area (Å²) in [7, 11) is 6.55. The van der Waals surface area contributed by atoms with Crippen LogP contribution in [0.5, 0.6) is 23.0 Å². The number of rotatable bonds is 14. The molecule has 0 saturated heterocycles. The molecule has 0 aliphatic heterocycles. The van der Waals surface area contributed by atoms with Crippen LogP contribution in [0.1, 0.15) is 31.0 Å². The van der Waals surface area contributed by atoms with E-state index < -0.39 is 0 Å². The average Bonchev–Trinajstić information content (AvgIpc) is 2.80. The zero-order chi connectivity index (χ0) is 22.6. The van der Waals surface area contributed by atoms with E-state index in [1.807, 2.05) is 50.2 Å². The molecule has 172 valence electrons. The van der Waals surface area contributed by atoms with E-state index in [0.29, 0.717) is 43.4 Å². The number of benzene rings is 2. The van der Waals surface area contributed by atoms with Gasteiger partial charge in [-0.25, -0.2) is 0 Å². The second-order valence-electron chi connectivity index (χ2n) is 6.77. The van der Waals surface area contributed by atoms with Crippen molar-refractivity contribution in [3.63, 3.8) is 0 Å². The summed E-state index contributed by atoms with van der Waals surface area (Å²) in [5, 5.41) is 3.59. The van der Waals surface area contributed by atoms with Crippen LogP contribution in [0.15, 0.2) is 36.4 Å². The molecule has 2 aromatic carbocycles. The van der Waals surface area contributed by atoms with Crippen molar-refractivity contribution in [3.8, 4) is 23.0 Å². The van der Waals surface area contributed by atoms with Gasteiger partial charge in [0.25, 0.3) is 0 Å². The molecule has 31 heavy (non-hydrogen) atoms. The lowest BCUT2D eigenvalue weighted by Gasteiger charge is -2.25. The lowest BCUT2D eigenvalue weighted by atomic mass is 9.97. The highest BCUT2D eigenvalue weighted by Crippen LogP contribution is 2.35. The van der Waals surface area contributed by atoms with Gasteiger partial charge >= 0.3 is 0 Å². The molecule has 0 amide bonds. The largest absolute Gasteiger partial charge is 0.493 e. The maximum atomic E-state index is 5.71. The summed E-state index contributed by atoms with van der Waals surface area (Å²) in [6, 6.07) is 11.8. The first-order chi connectivity index (χ1) is 15.1. The molecule has 2 aromatic rings. The highest BCUT2D eigenvalue weighted by atomic mass is 16.7. The Morgan fingerprint density at radius 1 is 0.774 bits per heavy atom. The topological polar surface area (TPSA) is 67.4 Å². The van der Waals surface area contributed by atoms with E-state index in [2.05, 4.69) is 5.32 Å². The van der Waals surface area contributed by atoms with Crippen molar-refractivity contribution < 1.29 is 28.4 Å². The van der Waals surface area contributed by atoms with Crippen LogP contribution in [0.3, 0.4) is 0 Å². The van der Waals surface area contributed by atoms with E-state index in [1.54, 1.807) is 28.4 Å². The molecule has 7 heteroatoms. The van der Waals surface area contributed by atoms with E-state index in [4.69, 9.17) is 28.4 Å². The van der Waals surface area contributed by atoms with Crippen molar-refractivity contribution in [2.75, 3.05) is 48.2 Å². The summed E-state index contributed by atoms with van der Waals surface area (Å²) in [6.45, 7) is 5.61. The van der Waals surface area contributed by atoms with Gasteiger partial charge in [0.15, 0.2) is 29.3 Å². The molecule has 0 unspecified atom stereocenters. The van der Waals surface area contributed by atoms with E-state index in [1.165, 1.54) is 0 Å². The van der Waals surface area contributed by atoms with Crippen molar-refractivity contribution in [2.24, 2.45) is 0 Å². The number of ether oxygens (including phenoxy) is 6. The van der Waals surface area contributed by atoms with Gasteiger partial charge in [-0.3, -0.25) is 0 Å². The molecule has 0 spiro atoms. The summed E-state index contributed by atoms with van der Waals surface area (Å²) >= 11 is 0. The second kappa shape index (κ2) is 13.0. The minimum absolute atomic E-state index is 0.0516. The number of hydrogen-bond acceptors (Lipinski definition) is 7. The molecule has 1 atom stereocenters. The number of nitrogens with one attached hydrogen (secondary N) is 1. The van der Waals surface area contributed by atoms with Crippen LogP contribution >= 0.6 is 0 Å². The standard InChI is InChI=1S/C24H35NO6/c1-7-30-23(31-8-2)16-25-19(17-12-13-20(26-3)22(15-17)28-5)14-18-10-9-11-21(27-4)24(18)29-6/h9-13,15,19,23,25H,7-8,14,16H2,1-6H3/t19-/m0/s1. The predicted octanol–water partition coefficient (Wildman–Crippen LogP) is 3.99. The van der Waals surface area contributed by atoms with Gasteiger partial charge in [0.1, 0.15) is 0 Å².